The summed E-state index contributed by atoms with van der Waals surface area (Å²) in [6, 6.07) is 9.39. The van der Waals surface area contributed by atoms with Crippen molar-refractivity contribution >= 4 is 23.1 Å². The van der Waals surface area contributed by atoms with E-state index in [0.29, 0.717) is 17.1 Å². The summed E-state index contributed by atoms with van der Waals surface area (Å²) in [5, 5.41) is 10.6. The fraction of sp³-hybridized carbons (Fsp3) is 0.125. The number of carbonyl (C=O) groups excluding carboxylic acids is 1. The third kappa shape index (κ3) is 2.87. The summed E-state index contributed by atoms with van der Waals surface area (Å²) in [4.78, 5) is 12.2. The van der Waals surface area contributed by atoms with Gasteiger partial charge in [0.2, 0.25) is 5.88 Å². The van der Waals surface area contributed by atoms with Crippen LogP contribution in [0.2, 0.25) is 0 Å². The van der Waals surface area contributed by atoms with E-state index >= 15 is 0 Å². The van der Waals surface area contributed by atoms with Crippen LogP contribution in [0.25, 0.3) is 11.3 Å². The fourth-order valence-corrected chi connectivity index (χ4v) is 2.78. The van der Waals surface area contributed by atoms with Crippen molar-refractivity contribution in [2.45, 2.75) is 13.8 Å². The molecule has 0 unspecified atom stereocenters. The average molecular weight is 298 g/mol. The summed E-state index contributed by atoms with van der Waals surface area (Å²) in [6.45, 7) is 3.91. The van der Waals surface area contributed by atoms with E-state index in [9.17, 15) is 4.79 Å². The Hall–Kier alpha value is -2.40. The molecule has 5 heteroatoms. The monoisotopic (exact) mass is 298 g/mol. The zero-order valence-electron chi connectivity index (χ0n) is 11.7. The summed E-state index contributed by atoms with van der Waals surface area (Å²) in [7, 11) is 0. The van der Waals surface area contributed by atoms with Gasteiger partial charge in [-0.2, -0.15) is 11.3 Å². The molecule has 0 bridgehead atoms. The summed E-state index contributed by atoms with van der Waals surface area (Å²) in [5.41, 5.74) is 4.39. The van der Waals surface area contributed by atoms with Crippen molar-refractivity contribution in [3.8, 4) is 11.3 Å². The summed E-state index contributed by atoms with van der Waals surface area (Å²) in [5.74, 6) is 0.154. The number of anilines is 1. The lowest BCUT2D eigenvalue weighted by atomic mass is 10.1. The predicted octanol–water partition coefficient (Wildman–Crippen LogP) is 4.27. The van der Waals surface area contributed by atoms with Gasteiger partial charge in [0.25, 0.3) is 5.91 Å². The molecular weight excluding hydrogens is 284 g/mol. The number of carbonyl (C=O) groups is 1. The van der Waals surface area contributed by atoms with Gasteiger partial charge in [0.15, 0.2) is 0 Å². The van der Waals surface area contributed by atoms with Gasteiger partial charge >= 0.3 is 0 Å². The van der Waals surface area contributed by atoms with Gasteiger partial charge in [0.1, 0.15) is 5.69 Å². The van der Waals surface area contributed by atoms with E-state index in [-0.39, 0.29) is 5.91 Å². The van der Waals surface area contributed by atoms with E-state index in [2.05, 4.69) is 10.5 Å². The smallest absolute Gasteiger partial charge is 0.258 e. The van der Waals surface area contributed by atoms with E-state index in [4.69, 9.17) is 4.52 Å². The predicted molar refractivity (Wildman–Crippen MR) is 83.7 cm³/mol. The maximum Gasteiger partial charge on any atom is 0.258 e. The van der Waals surface area contributed by atoms with E-state index in [0.717, 1.165) is 16.7 Å². The van der Waals surface area contributed by atoms with Crippen LogP contribution >= 0.6 is 11.3 Å². The van der Waals surface area contributed by atoms with Crippen LogP contribution in [0.15, 0.2) is 45.6 Å². The van der Waals surface area contributed by atoms with E-state index < -0.39 is 0 Å². The molecule has 0 fully saturated rings. The molecule has 0 radical (unpaired) electrons. The number of aryl methyl sites for hydroxylation is 2. The maximum absolute atomic E-state index is 12.2. The lowest BCUT2D eigenvalue weighted by Crippen LogP contribution is -2.12. The highest BCUT2D eigenvalue weighted by Gasteiger charge is 2.13. The molecule has 0 aliphatic carbocycles. The minimum Gasteiger partial charge on any atom is -0.338 e. The van der Waals surface area contributed by atoms with E-state index in [1.165, 1.54) is 0 Å². The molecule has 3 rings (SSSR count). The van der Waals surface area contributed by atoms with E-state index in [1.807, 2.05) is 48.9 Å². The molecule has 0 saturated heterocycles. The van der Waals surface area contributed by atoms with Gasteiger partial charge in [-0.05, 0) is 36.9 Å². The topological polar surface area (TPSA) is 55.1 Å². The Balaban J connectivity index is 1.79. The van der Waals surface area contributed by atoms with Crippen molar-refractivity contribution in [1.82, 2.24) is 5.16 Å². The summed E-state index contributed by atoms with van der Waals surface area (Å²) in [6.07, 6.45) is 0. The SMILES string of the molecule is Cc1ccc(C(=O)Nc2cc(-c3ccsc3)no2)c(C)c1. The molecule has 0 saturated carbocycles. The largest absolute Gasteiger partial charge is 0.338 e. The normalized spacial score (nSPS) is 10.6. The van der Waals surface area contributed by atoms with Gasteiger partial charge in [-0.15, -0.1) is 0 Å². The Morgan fingerprint density at radius 1 is 1.24 bits per heavy atom. The van der Waals surface area contributed by atoms with Gasteiger partial charge in [-0.25, -0.2) is 0 Å². The van der Waals surface area contributed by atoms with Crippen LogP contribution in [0, 0.1) is 13.8 Å². The Morgan fingerprint density at radius 3 is 2.81 bits per heavy atom. The van der Waals surface area contributed by atoms with Gasteiger partial charge < -0.3 is 4.52 Å². The molecule has 106 valence electrons. The van der Waals surface area contributed by atoms with Gasteiger partial charge in [0, 0.05) is 22.6 Å². The van der Waals surface area contributed by atoms with Crippen molar-refractivity contribution in [1.29, 1.82) is 0 Å². The number of amides is 1. The average Bonchev–Trinajstić information content (AvgIpc) is 3.08. The first-order chi connectivity index (χ1) is 10.1. The van der Waals surface area contributed by atoms with E-state index in [1.54, 1.807) is 17.4 Å². The number of nitrogens with zero attached hydrogens (tertiary/aromatic N) is 1. The van der Waals surface area contributed by atoms with Crippen molar-refractivity contribution in [3.05, 3.63) is 57.8 Å². The summed E-state index contributed by atoms with van der Waals surface area (Å²) < 4.78 is 5.17. The fourth-order valence-electron chi connectivity index (χ4n) is 2.13. The second-order valence-electron chi connectivity index (χ2n) is 4.86. The molecule has 1 aromatic carbocycles. The molecule has 4 nitrogen and oxygen atoms in total. The molecule has 1 N–H and O–H groups in total. The number of thiophene rings is 1. The van der Waals surface area contributed by atoms with Crippen LogP contribution in [0.5, 0.6) is 0 Å². The second kappa shape index (κ2) is 5.54. The molecule has 0 spiro atoms. The summed E-state index contributed by atoms with van der Waals surface area (Å²) >= 11 is 1.59. The van der Waals surface area contributed by atoms with Crippen LogP contribution in [-0.2, 0) is 0 Å². The highest BCUT2D eigenvalue weighted by atomic mass is 32.1. The molecule has 2 heterocycles. The molecule has 0 aliphatic rings. The number of nitrogens with one attached hydrogen (secondary N) is 1. The van der Waals surface area contributed by atoms with Crippen LogP contribution in [0.3, 0.4) is 0 Å². The third-order valence-electron chi connectivity index (χ3n) is 3.19. The molecule has 1 amide bonds. The number of aromatic nitrogens is 1. The van der Waals surface area contributed by atoms with Gasteiger partial charge in [-0.3, -0.25) is 10.1 Å². The van der Waals surface area contributed by atoms with Crippen LogP contribution in [-0.4, -0.2) is 11.1 Å². The second-order valence-corrected chi connectivity index (χ2v) is 5.64. The lowest BCUT2D eigenvalue weighted by Gasteiger charge is -2.05. The highest BCUT2D eigenvalue weighted by molar-refractivity contribution is 7.08. The van der Waals surface area contributed by atoms with Crippen LogP contribution < -0.4 is 5.32 Å². The molecular formula is C16H14N2O2S. The molecule has 21 heavy (non-hydrogen) atoms. The Kier molecular flexibility index (Phi) is 3.58. The maximum atomic E-state index is 12.2. The zero-order valence-corrected chi connectivity index (χ0v) is 12.5. The van der Waals surface area contributed by atoms with Crippen LogP contribution in [0.4, 0.5) is 5.88 Å². The number of hydrogen-bond acceptors (Lipinski definition) is 4. The molecule has 0 aliphatic heterocycles. The Labute approximate surface area is 126 Å². The first-order valence-electron chi connectivity index (χ1n) is 6.51. The minimum absolute atomic E-state index is 0.194. The highest BCUT2D eigenvalue weighted by Crippen LogP contribution is 2.24. The number of rotatable bonds is 3. The lowest BCUT2D eigenvalue weighted by molar-refractivity contribution is 0.102. The van der Waals surface area contributed by atoms with Crippen LogP contribution in [0.1, 0.15) is 21.5 Å². The minimum atomic E-state index is -0.194. The number of benzene rings is 1. The van der Waals surface area contributed by atoms with Crippen molar-refractivity contribution in [2.24, 2.45) is 0 Å². The quantitative estimate of drug-likeness (QED) is 0.785. The first-order valence-corrected chi connectivity index (χ1v) is 7.45. The zero-order chi connectivity index (χ0) is 14.8. The molecule has 3 aromatic rings. The standard InChI is InChI=1S/C16H14N2O2S/c1-10-3-4-13(11(2)7-10)16(19)17-15-8-14(18-20-15)12-5-6-21-9-12/h3-9H,1-2H3,(H,17,19). The van der Waals surface area contributed by atoms with Crippen molar-refractivity contribution < 1.29 is 9.32 Å². The van der Waals surface area contributed by atoms with Gasteiger partial charge in [0.05, 0.1) is 0 Å². The van der Waals surface area contributed by atoms with Crippen molar-refractivity contribution in [2.75, 3.05) is 5.32 Å². The third-order valence-corrected chi connectivity index (χ3v) is 3.87. The number of hydrogen-bond donors (Lipinski definition) is 1. The Bertz CT molecular complexity index is 775. The van der Waals surface area contributed by atoms with Gasteiger partial charge in [-0.1, -0.05) is 22.9 Å². The van der Waals surface area contributed by atoms with Crippen molar-refractivity contribution in [3.63, 3.8) is 0 Å². The Morgan fingerprint density at radius 2 is 2.10 bits per heavy atom. The molecule has 2 aromatic heterocycles. The first kappa shape index (κ1) is 13.6. The molecule has 0 atom stereocenters.